The maximum absolute atomic E-state index is 6.43. The van der Waals surface area contributed by atoms with Crippen molar-refractivity contribution in [3.63, 3.8) is 0 Å². The van der Waals surface area contributed by atoms with E-state index in [2.05, 4.69) is 35.2 Å². The highest BCUT2D eigenvalue weighted by Crippen LogP contribution is 2.39. The Balaban J connectivity index is 1.43. The summed E-state index contributed by atoms with van der Waals surface area (Å²) >= 11 is 0. The van der Waals surface area contributed by atoms with Gasteiger partial charge in [0, 0.05) is 39.0 Å². The number of nitrogens with zero attached hydrogens (tertiary/aromatic N) is 1. The molecular formula is C20H29NO3. The SMILES string of the molecule is c1ccc(CO[C@H]2CN(C3CCOCC3)CC[C@@]23CCCO3)cc1. The molecule has 0 N–H and O–H groups in total. The van der Waals surface area contributed by atoms with Crippen molar-refractivity contribution >= 4 is 0 Å². The molecule has 4 rings (SSSR count). The second-order valence-corrected chi connectivity index (χ2v) is 7.39. The number of likely N-dealkylation sites (tertiary alicyclic amines) is 1. The van der Waals surface area contributed by atoms with E-state index in [4.69, 9.17) is 14.2 Å². The van der Waals surface area contributed by atoms with Crippen LogP contribution in [0, 0.1) is 0 Å². The first-order valence-corrected chi connectivity index (χ1v) is 9.47. The Morgan fingerprint density at radius 3 is 2.67 bits per heavy atom. The summed E-state index contributed by atoms with van der Waals surface area (Å²) in [6, 6.07) is 11.1. The Kier molecular flexibility index (Phi) is 5.18. The standard InChI is InChI=1S/C20H29NO3/c1-2-5-17(6-3-1)16-23-19-15-21(18-7-13-22-14-8-18)11-10-20(19)9-4-12-24-20/h1-3,5-6,18-19H,4,7-16H2/t19-,20-/m0/s1. The lowest BCUT2D eigenvalue weighted by atomic mass is 9.84. The van der Waals surface area contributed by atoms with Crippen LogP contribution in [0.1, 0.15) is 37.7 Å². The van der Waals surface area contributed by atoms with Gasteiger partial charge in [-0.25, -0.2) is 0 Å². The zero-order chi connectivity index (χ0) is 16.2. The van der Waals surface area contributed by atoms with Crippen molar-refractivity contribution in [1.82, 2.24) is 4.90 Å². The number of benzene rings is 1. The molecule has 0 aromatic heterocycles. The highest BCUT2D eigenvalue weighted by Gasteiger charge is 2.48. The first-order chi connectivity index (χ1) is 11.9. The largest absolute Gasteiger partial charge is 0.381 e. The molecule has 0 aliphatic carbocycles. The summed E-state index contributed by atoms with van der Waals surface area (Å²) in [6.07, 6.45) is 5.90. The summed E-state index contributed by atoms with van der Waals surface area (Å²) in [6.45, 7) is 5.50. The van der Waals surface area contributed by atoms with E-state index < -0.39 is 0 Å². The Morgan fingerprint density at radius 1 is 1.08 bits per heavy atom. The average Bonchev–Trinajstić information content (AvgIpc) is 3.12. The van der Waals surface area contributed by atoms with Gasteiger partial charge in [-0.2, -0.15) is 0 Å². The van der Waals surface area contributed by atoms with Crippen LogP contribution in [-0.2, 0) is 20.8 Å². The number of hydrogen-bond donors (Lipinski definition) is 0. The highest BCUT2D eigenvalue weighted by atomic mass is 16.6. The van der Waals surface area contributed by atoms with Gasteiger partial charge in [0.1, 0.15) is 0 Å². The lowest BCUT2D eigenvalue weighted by Gasteiger charge is -2.47. The van der Waals surface area contributed by atoms with Gasteiger partial charge in [0.05, 0.1) is 18.3 Å². The molecule has 0 saturated carbocycles. The van der Waals surface area contributed by atoms with Crippen molar-refractivity contribution in [2.75, 3.05) is 32.9 Å². The molecule has 1 spiro atoms. The molecule has 3 aliphatic heterocycles. The minimum absolute atomic E-state index is 0.0452. The predicted octanol–water partition coefficient (Wildman–Crippen LogP) is 3.01. The first-order valence-electron chi connectivity index (χ1n) is 9.47. The molecule has 1 aromatic carbocycles. The number of ether oxygens (including phenoxy) is 3. The van der Waals surface area contributed by atoms with Crippen LogP contribution in [0.25, 0.3) is 0 Å². The van der Waals surface area contributed by atoms with E-state index in [0.29, 0.717) is 12.6 Å². The molecule has 24 heavy (non-hydrogen) atoms. The third kappa shape index (κ3) is 3.52. The van der Waals surface area contributed by atoms with Crippen LogP contribution in [0.2, 0.25) is 0 Å². The molecular weight excluding hydrogens is 302 g/mol. The minimum Gasteiger partial charge on any atom is -0.381 e. The van der Waals surface area contributed by atoms with Crippen LogP contribution in [0.3, 0.4) is 0 Å². The molecule has 3 saturated heterocycles. The Hall–Kier alpha value is -0.940. The van der Waals surface area contributed by atoms with Gasteiger partial charge < -0.3 is 14.2 Å². The van der Waals surface area contributed by atoms with Crippen molar-refractivity contribution in [3.05, 3.63) is 35.9 Å². The molecule has 3 heterocycles. The van der Waals surface area contributed by atoms with Gasteiger partial charge in [-0.15, -0.1) is 0 Å². The molecule has 132 valence electrons. The van der Waals surface area contributed by atoms with Gasteiger partial charge in [-0.05, 0) is 37.7 Å². The van der Waals surface area contributed by atoms with E-state index in [-0.39, 0.29) is 11.7 Å². The molecule has 2 atom stereocenters. The van der Waals surface area contributed by atoms with Crippen LogP contribution < -0.4 is 0 Å². The summed E-state index contributed by atoms with van der Waals surface area (Å²) < 4.78 is 18.2. The fourth-order valence-electron chi connectivity index (χ4n) is 4.49. The average molecular weight is 331 g/mol. The summed E-state index contributed by atoms with van der Waals surface area (Å²) in [5.74, 6) is 0. The van der Waals surface area contributed by atoms with Gasteiger partial charge in [0.25, 0.3) is 0 Å². The van der Waals surface area contributed by atoms with Crippen molar-refractivity contribution in [2.45, 2.75) is 56.5 Å². The van der Waals surface area contributed by atoms with Crippen LogP contribution in [0.4, 0.5) is 0 Å². The normalized spacial score (nSPS) is 32.4. The van der Waals surface area contributed by atoms with E-state index >= 15 is 0 Å². The van der Waals surface area contributed by atoms with Crippen LogP contribution in [-0.4, -0.2) is 55.6 Å². The van der Waals surface area contributed by atoms with Gasteiger partial charge in [-0.3, -0.25) is 4.90 Å². The molecule has 0 amide bonds. The van der Waals surface area contributed by atoms with Crippen LogP contribution >= 0.6 is 0 Å². The van der Waals surface area contributed by atoms with Crippen molar-refractivity contribution in [3.8, 4) is 0 Å². The Labute approximate surface area is 145 Å². The minimum atomic E-state index is -0.0452. The quantitative estimate of drug-likeness (QED) is 0.849. The molecule has 3 aliphatic rings. The fourth-order valence-corrected chi connectivity index (χ4v) is 4.49. The van der Waals surface area contributed by atoms with Crippen molar-refractivity contribution in [1.29, 1.82) is 0 Å². The molecule has 4 nitrogen and oxygen atoms in total. The molecule has 0 unspecified atom stereocenters. The lowest BCUT2D eigenvalue weighted by Crippen LogP contribution is -2.58. The van der Waals surface area contributed by atoms with E-state index in [0.717, 1.165) is 58.6 Å². The van der Waals surface area contributed by atoms with Gasteiger partial charge in [0.15, 0.2) is 0 Å². The van der Waals surface area contributed by atoms with E-state index in [1.807, 2.05) is 0 Å². The lowest BCUT2D eigenvalue weighted by molar-refractivity contribution is -0.166. The van der Waals surface area contributed by atoms with Gasteiger partial charge in [-0.1, -0.05) is 30.3 Å². The third-order valence-corrected chi connectivity index (χ3v) is 5.94. The topological polar surface area (TPSA) is 30.9 Å². The zero-order valence-electron chi connectivity index (χ0n) is 14.5. The second-order valence-electron chi connectivity index (χ2n) is 7.39. The first kappa shape index (κ1) is 16.5. The summed E-state index contributed by atoms with van der Waals surface area (Å²) in [5, 5.41) is 0. The van der Waals surface area contributed by atoms with Gasteiger partial charge in [0.2, 0.25) is 0 Å². The predicted molar refractivity (Wildman–Crippen MR) is 93.0 cm³/mol. The van der Waals surface area contributed by atoms with E-state index in [9.17, 15) is 0 Å². The van der Waals surface area contributed by atoms with E-state index in [1.54, 1.807) is 0 Å². The van der Waals surface area contributed by atoms with Crippen LogP contribution in [0.5, 0.6) is 0 Å². The smallest absolute Gasteiger partial charge is 0.0996 e. The number of rotatable bonds is 4. The fraction of sp³-hybridized carbons (Fsp3) is 0.700. The molecule has 4 heteroatoms. The monoisotopic (exact) mass is 331 g/mol. The molecule has 0 bridgehead atoms. The third-order valence-electron chi connectivity index (χ3n) is 5.94. The van der Waals surface area contributed by atoms with Crippen molar-refractivity contribution in [2.24, 2.45) is 0 Å². The maximum Gasteiger partial charge on any atom is 0.0996 e. The highest BCUT2D eigenvalue weighted by molar-refractivity contribution is 5.13. The summed E-state index contributed by atoms with van der Waals surface area (Å²) in [7, 11) is 0. The molecule has 0 radical (unpaired) electrons. The molecule has 3 fully saturated rings. The number of hydrogen-bond acceptors (Lipinski definition) is 4. The molecule has 1 aromatic rings. The zero-order valence-corrected chi connectivity index (χ0v) is 14.5. The van der Waals surface area contributed by atoms with Crippen molar-refractivity contribution < 1.29 is 14.2 Å². The van der Waals surface area contributed by atoms with Gasteiger partial charge >= 0.3 is 0 Å². The Bertz CT molecular complexity index is 509. The summed E-state index contributed by atoms with van der Waals surface area (Å²) in [4.78, 5) is 2.63. The van der Waals surface area contributed by atoms with Crippen LogP contribution in [0.15, 0.2) is 30.3 Å². The van der Waals surface area contributed by atoms with E-state index in [1.165, 1.54) is 12.0 Å². The Morgan fingerprint density at radius 2 is 1.92 bits per heavy atom. The summed E-state index contributed by atoms with van der Waals surface area (Å²) in [5.41, 5.74) is 1.20. The second kappa shape index (κ2) is 7.52. The maximum atomic E-state index is 6.43. The number of piperidine rings is 1.